The van der Waals surface area contributed by atoms with Crippen molar-refractivity contribution in [3.8, 4) is 5.82 Å². The number of nitrogens with two attached hydrogens (primary N) is 1. The molecule has 0 spiro atoms. The molecule has 2 aromatic carbocycles. The first-order valence-corrected chi connectivity index (χ1v) is 10.1. The molecule has 0 aliphatic rings. The lowest BCUT2D eigenvalue weighted by atomic mass is 10.0. The molecule has 5 heteroatoms. The quantitative estimate of drug-likeness (QED) is 0.465. The maximum absolute atomic E-state index is 11.5. The van der Waals surface area contributed by atoms with Crippen molar-refractivity contribution in [2.45, 2.75) is 25.7 Å². The number of nitrogen functional groups attached to an aromatic ring is 1. The predicted octanol–water partition coefficient (Wildman–Crippen LogP) is 4.50. The number of benzene rings is 2. The van der Waals surface area contributed by atoms with Gasteiger partial charge in [0.2, 0.25) is 0 Å². The highest BCUT2D eigenvalue weighted by atomic mass is 16.5. The molecule has 2 aromatic heterocycles. The predicted molar refractivity (Wildman–Crippen MR) is 120 cm³/mol. The van der Waals surface area contributed by atoms with Crippen molar-refractivity contribution in [1.82, 2.24) is 9.55 Å². The van der Waals surface area contributed by atoms with E-state index in [1.165, 1.54) is 23.6 Å². The number of methoxy groups -OCH3 is 1. The Balaban J connectivity index is 1.70. The van der Waals surface area contributed by atoms with Crippen LogP contribution in [0.3, 0.4) is 0 Å². The van der Waals surface area contributed by atoms with Crippen LogP contribution in [0, 0.1) is 0 Å². The lowest BCUT2D eigenvalue weighted by Gasteiger charge is -2.06. The van der Waals surface area contributed by atoms with Crippen LogP contribution in [0.1, 0.15) is 23.1 Å². The van der Waals surface area contributed by atoms with Gasteiger partial charge in [0.1, 0.15) is 5.82 Å². The Labute approximate surface area is 176 Å². The average Bonchev–Trinajstić information content (AvgIpc) is 3.15. The molecule has 0 unspecified atom stereocenters. The SMILES string of the molecule is COC(=O)CCc1ccc2c(c1)c(CCc1ccccc1)cn2-c1ccc(N)cn1. The van der Waals surface area contributed by atoms with Crippen LogP contribution in [0.15, 0.2) is 73.1 Å². The van der Waals surface area contributed by atoms with Crippen LogP contribution < -0.4 is 5.73 Å². The molecule has 0 saturated carbocycles. The molecule has 2 heterocycles. The van der Waals surface area contributed by atoms with E-state index in [9.17, 15) is 4.79 Å². The molecule has 5 nitrogen and oxygen atoms in total. The maximum atomic E-state index is 11.5. The fourth-order valence-corrected chi connectivity index (χ4v) is 3.70. The van der Waals surface area contributed by atoms with E-state index in [2.05, 4.69) is 58.2 Å². The topological polar surface area (TPSA) is 70.1 Å². The molecule has 0 aliphatic carbocycles. The number of esters is 1. The summed E-state index contributed by atoms with van der Waals surface area (Å²) in [5.74, 6) is 0.644. The maximum Gasteiger partial charge on any atom is 0.305 e. The zero-order chi connectivity index (χ0) is 20.9. The molecule has 4 aromatic rings. The standard InChI is InChI=1S/C25H25N3O2/c1-30-25(29)14-9-19-8-12-23-22(15-19)20(10-7-18-5-3-2-4-6-18)17-28(23)24-13-11-21(26)16-27-24/h2-6,8,11-13,15-17H,7,9-10,14,26H2,1H3. The fraction of sp³-hybridized carbons (Fsp3) is 0.200. The van der Waals surface area contributed by atoms with Crippen LogP contribution in [0.25, 0.3) is 16.7 Å². The Kier molecular flexibility index (Phi) is 5.80. The molecule has 0 saturated heterocycles. The highest BCUT2D eigenvalue weighted by molar-refractivity contribution is 5.86. The van der Waals surface area contributed by atoms with E-state index in [4.69, 9.17) is 10.5 Å². The minimum absolute atomic E-state index is 0.192. The summed E-state index contributed by atoms with van der Waals surface area (Å²) in [5, 5.41) is 1.19. The summed E-state index contributed by atoms with van der Waals surface area (Å²) in [6.07, 6.45) is 6.75. The van der Waals surface area contributed by atoms with Gasteiger partial charge in [0.15, 0.2) is 0 Å². The molecular weight excluding hydrogens is 374 g/mol. The first kappa shape index (κ1) is 19.7. The van der Waals surface area contributed by atoms with Gasteiger partial charge >= 0.3 is 5.97 Å². The fourth-order valence-electron chi connectivity index (χ4n) is 3.70. The van der Waals surface area contributed by atoms with Gasteiger partial charge in [0, 0.05) is 18.0 Å². The Hall–Kier alpha value is -3.60. The minimum atomic E-state index is -0.192. The monoisotopic (exact) mass is 399 g/mol. The van der Waals surface area contributed by atoms with Crippen LogP contribution in [-0.2, 0) is 28.8 Å². The van der Waals surface area contributed by atoms with Crippen LogP contribution in [0.5, 0.6) is 0 Å². The first-order valence-electron chi connectivity index (χ1n) is 10.1. The minimum Gasteiger partial charge on any atom is -0.469 e. The van der Waals surface area contributed by atoms with Gasteiger partial charge in [-0.2, -0.15) is 0 Å². The molecular formula is C25H25N3O2. The Morgan fingerprint density at radius 3 is 2.57 bits per heavy atom. The molecule has 0 fully saturated rings. The van der Waals surface area contributed by atoms with Crippen LogP contribution in [-0.4, -0.2) is 22.6 Å². The zero-order valence-corrected chi connectivity index (χ0v) is 17.0. The Bertz CT molecular complexity index is 1150. The molecule has 2 N–H and O–H groups in total. The second kappa shape index (κ2) is 8.82. The Morgan fingerprint density at radius 1 is 1.00 bits per heavy atom. The number of aromatic nitrogens is 2. The molecule has 0 atom stereocenters. The van der Waals surface area contributed by atoms with E-state index in [1.54, 1.807) is 6.20 Å². The molecule has 30 heavy (non-hydrogen) atoms. The summed E-state index contributed by atoms with van der Waals surface area (Å²) >= 11 is 0. The van der Waals surface area contributed by atoms with Gasteiger partial charge in [0.25, 0.3) is 0 Å². The highest BCUT2D eigenvalue weighted by Crippen LogP contribution is 2.27. The van der Waals surface area contributed by atoms with Gasteiger partial charge in [-0.1, -0.05) is 36.4 Å². The molecule has 4 rings (SSSR count). The summed E-state index contributed by atoms with van der Waals surface area (Å²) < 4.78 is 6.89. The van der Waals surface area contributed by atoms with Gasteiger partial charge in [0.05, 0.1) is 24.5 Å². The van der Waals surface area contributed by atoms with Gasteiger partial charge in [-0.25, -0.2) is 4.98 Å². The van der Waals surface area contributed by atoms with Crippen molar-refractivity contribution >= 4 is 22.6 Å². The van der Waals surface area contributed by atoms with Crippen molar-refractivity contribution in [1.29, 1.82) is 0 Å². The van der Waals surface area contributed by atoms with Crippen molar-refractivity contribution < 1.29 is 9.53 Å². The third-order valence-corrected chi connectivity index (χ3v) is 5.34. The number of pyridine rings is 1. The lowest BCUT2D eigenvalue weighted by Crippen LogP contribution is -2.02. The van der Waals surface area contributed by atoms with E-state index >= 15 is 0 Å². The highest BCUT2D eigenvalue weighted by Gasteiger charge is 2.12. The van der Waals surface area contributed by atoms with Gasteiger partial charge in [-0.15, -0.1) is 0 Å². The third kappa shape index (κ3) is 4.35. The number of carbonyl (C=O) groups is 1. The third-order valence-electron chi connectivity index (χ3n) is 5.34. The normalized spacial score (nSPS) is 11.0. The van der Waals surface area contributed by atoms with E-state index in [0.29, 0.717) is 18.5 Å². The summed E-state index contributed by atoms with van der Waals surface area (Å²) in [4.78, 5) is 16.0. The summed E-state index contributed by atoms with van der Waals surface area (Å²) in [6.45, 7) is 0. The average molecular weight is 399 g/mol. The molecule has 0 radical (unpaired) electrons. The molecule has 0 aliphatic heterocycles. The second-order valence-corrected chi connectivity index (χ2v) is 7.39. The van der Waals surface area contributed by atoms with Crippen molar-refractivity contribution in [2.24, 2.45) is 0 Å². The molecule has 152 valence electrons. The number of rotatable bonds is 7. The summed E-state index contributed by atoms with van der Waals surface area (Å²) in [5.41, 5.74) is 11.2. The van der Waals surface area contributed by atoms with Crippen LogP contribution >= 0.6 is 0 Å². The first-order chi connectivity index (χ1) is 14.6. The smallest absolute Gasteiger partial charge is 0.305 e. The van der Waals surface area contributed by atoms with Crippen LogP contribution in [0.2, 0.25) is 0 Å². The van der Waals surface area contributed by atoms with Crippen LogP contribution in [0.4, 0.5) is 5.69 Å². The number of anilines is 1. The van der Waals surface area contributed by atoms with Gasteiger partial charge in [-0.3, -0.25) is 4.79 Å². The number of fused-ring (bicyclic) bond motifs is 1. The molecule has 0 bridgehead atoms. The number of carbonyl (C=O) groups excluding carboxylic acids is 1. The second-order valence-electron chi connectivity index (χ2n) is 7.39. The molecule has 0 amide bonds. The Morgan fingerprint density at radius 2 is 1.83 bits per heavy atom. The van der Waals surface area contributed by atoms with Gasteiger partial charge in [-0.05, 0) is 60.2 Å². The van der Waals surface area contributed by atoms with Crippen molar-refractivity contribution in [3.05, 3.63) is 89.7 Å². The van der Waals surface area contributed by atoms with E-state index in [-0.39, 0.29) is 5.97 Å². The van der Waals surface area contributed by atoms with E-state index in [0.717, 1.165) is 29.7 Å². The van der Waals surface area contributed by atoms with E-state index in [1.807, 2.05) is 18.2 Å². The largest absolute Gasteiger partial charge is 0.469 e. The number of ether oxygens (including phenoxy) is 1. The number of aryl methyl sites for hydroxylation is 3. The van der Waals surface area contributed by atoms with Gasteiger partial charge < -0.3 is 15.0 Å². The number of nitrogens with zero attached hydrogens (tertiary/aromatic N) is 2. The van der Waals surface area contributed by atoms with Crippen molar-refractivity contribution in [3.63, 3.8) is 0 Å². The van der Waals surface area contributed by atoms with Crippen molar-refractivity contribution in [2.75, 3.05) is 12.8 Å². The summed E-state index contributed by atoms with van der Waals surface area (Å²) in [7, 11) is 1.42. The number of hydrogen-bond donors (Lipinski definition) is 1. The van der Waals surface area contributed by atoms with E-state index < -0.39 is 0 Å². The summed E-state index contributed by atoms with van der Waals surface area (Å²) in [6, 6.07) is 20.6. The number of hydrogen-bond acceptors (Lipinski definition) is 4. The zero-order valence-electron chi connectivity index (χ0n) is 17.0. The lowest BCUT2D eigenvalue weighted by molar-refractivity contribution is -0.140.